The highest BCUT2D eigenvalue weighted by atomic mass is 32.1. The van der Waals surface area contributed by atoms with E-state index in [0.717, 1.165) is 42.7 Å². The first-order valence-corrected chi connectivity index (χ1v) is 11.7. The summed E-state index contributed by atoms with van der Waals surface area (Å²) in [6, 6.07) is 9.60. The standard InChI is InChI=1S/C23H25N5O2S/c29-21(15-27-9-3-4-10-27)28-11-7-16(14-28)20-13-18(17-5-1-2-6-19(17)25-20)22(30)26-23-24-8-12-31-23/h1-2,5-6,8,12-13,16H,3-4,7,9-11,14-15H2,(H,24,26,30)/t16-/m1/s1. The Morgan fingerprint density at radius 2 is 2.00 bits per heavy atom. The van der Waals surface area contributed by atoms with Crippen LogP contribution in [0.2, 0.25) is 0 Å². The van der Waals surface area contributed by atoms with Crippen LogP contribution < -0.4 is 5.32 Å². The number of fused-ring (bicyclic) bond motifs is 1. The van der Waals surface area contributed by atoms with E-state index in [0.29, 0.717) is 23.8 Å². The number of nitrogens with zero attached hydrogens (tertiary/aromatic N) is 4. The van der Waals surface area contributed by atoms with Gasteiger partial charge >= 0.3 is 0 Å². The summed E-state index contributed by atoms with van der Waals surface area (Å²) in [5, 5.41) is 6.11. The molecule has 0 aliphatic carbocycles. The van der Waals surface area contributed by atoms with Crippen LogP contribution in [0.4, 0.5) is 5.13 Å². The van der Waals surface area contributed by atoms with Crippen LogP contribution in [0, 0.1) is 0 Å². The summed E-state index contributed by atoms with van der Waals surface area (Å²) >= 11 is 1.39. The van der Waals surface area contributed by atoms with Gasteiger partial charge in [-0.15, -0.1) is 11.3 Å². The second-order valence-corrected chi connectivity index (χ2v) is 9.11. The van der Waals surface area contributed by atoms with Crippen LogP contribution in [0.15, 0.2) is 41.9 Å². The molecule has 2 aromatic heterocycles. The van der Waals surface area contributed by atoms with E-state index in [1.54, 1.807) is 6.20 Å². The molecule has 0 unspecified atom stereocenters. The van der Waals surface area contributed by atoms with Crippen LogP contribution in [-0.2, 0) is 4.79 Å². The first kappa shape index (κ1) is 20.1. The number of pyridine rings is 1. The third kappa shape index (κ3) is 4.31. The number of thiazole rings is 1. The molecule has 1 aromatic carbocycles. The van der Waals surface area contributed by atoms with E-state index in [1.807, 2.05) is 40.6 Å². The average Bonchev–Trinajstić information content (AvgIpc) is 3.55. The van der Waals surface area contributed by atoms with Crippen molar-refractivity contribution in [1.82, 2.24) is 19.8 Å². The summed E-state index contributed by atoms with van der Waals surface area (Å²) < 4.78 is 0. The number of para-hydroxylation sites is 1. The van der Waals surface area contributed by atoms with E-state index in [1.165, 1.54) is 24.2 Å². The Bertz CT molecular complexity index is 1090. The van der Waals surface area contributed by atoms with Crippen molar-refractivity contribution in [1.29, 1.82) is 0 Å². The number of anilines is 1. The number of likely N-dealkylation sites (tertiary alicyclic amines) is 2. The summed E-state index contributed by atoms with van der Waals surface area (Å²) in [5.74, 6) is 0.153. The van der Waals surface area contributed by atoms with Crippen LogP contribution in [0.5, 0.6) is 0 Å². The Morgan fingerprint density at radius 1 is 1.16 bits per heavy atom. The predicted octanol–water partition coefficient (Wildman–Crippen LogP) is 3.36. The lowest BCUT2D eigenvalue weighted by atomic mass is 9.99. The van der Waals surface area contributed by atoms with Crippen LogP contribution in [0.25, 0.3) is 10.9 Å². The van der Waals surface area contributed by atoms with E-state index in [9.17, 15) is 9.59 Å². The summed E-state index contributed by atoms with van der Waals surface area (Å²) in [4.78, 5) is 39.0. The van der Waals surface area contributed by atoms with Crippen molar-refractivity contribution in [3.05, 3.63) is 53.2 Å². The molecule has 0 spiro atoms. The SMILES string of the molecule is O=C(Nc1nccs1)c1cc([C@@H]2CCN(C(=O)CN3CCCC3)C2)nc2ccccc12. The first-order chi connectivity index (χ1) is 15.2. The molecule has 160 valence electrons. The Kier molecular flexibility index (Phi) is 5.65. The molecule has 0 bridgehead atoms. The van der Waals surface area contributed by atoms with Crippen LogP contribution in [-0.4, -0.2) is 64.3 Å². The van der Waals surface area contributed by atoms with Gasteiger partial charge < -0.3 is 4.90 Å². The van der Waals surface area contributed by atoms with E-state index in [-0.39, 0.29) is 17.7 Å². The number of nitrogens with one attached hydrogen (secondary N) is 1. The largest absolute Gasteiger partial charge is 0.341 e. The molecule has 0 saturated carbocycles. The summed E-state index contributed by atoms with van der Waals surface area (Å²) in [6.45, 7) is 3.96. The van der Waals surface area contributed by atoms with Crippen LogP contribution in [0.1, 0.15) is 41.2 Å². The summed E-state index contributed by atoms with van der Waals surface area (Å²) in [7, 11) is 0. The van der Waals surface area contributed by atoms with Gasteiger partial charge in [0.1, 0.15) is 0 Å². The van der Waals surface area contributed by atoms with Crippen molar-refractivity contribution in [3.63, 3.8) is 0 Å². The number of carbonyl (C=O) groups is 2. The van der Waals surface area contributed by atoms with Gasteiger partial charge in [-0.05, 0) is 44.5 Å². The molecule has 2 amide bonds. The highest BCUT2D eigenvalue weighted by Crippen LogP contribution is 2.30. The number of amides is 2. The maximum Gasteiger partial charge on any atom is 0.258 e. The lowest BCUT2D eigenvalue weighted by Gasteiger charge is -2.21. The van der Waals surface area contributed by atoms with Gasteiger partial charge in [-0.25, -0.2) is 4.98 Å². The molecular weight excluding hydrogens is 410 g/mol. The number of hydrogen-bond acceptors (Lipinski definition) is 6. The van der Waals surface area contributed by atoms with Gasteiger partial charge in [0, 0.05) is 41.7 Å². The first-order valence-electron chi connectivity index (χ1n) is 10.8. The fraction of sp³-hybridized carbons (Fsp3) is 0.391. The van der Waals surface area contributed by atoms with Crippen molar-refractivity contribution < 1.29 is 9.59 Å². The zero-order chi connectivity index (χ0) is 21.2. The lowest BCUT2D eigenvalue weighted by Crippen LogP contribution is -2.38. The second kappa shape index (κ2) is 8.72. The molecule has 2 aliphatic rings. The minimum Gasteiger partial charge on any atom is -0.341 e. The fourth-order valence-electron chi connectivity index (χ4n) is 4.50. The molecular formula is C23H25N5O2S. The molecule has 1 atom stereocenters. The molecule has 2 saturated heterocycles. The predicted molar refractivity (Wildman–Crippen MR) is 121 cm³/mol. The molecule has 8 heteroatoms. The molecule has 0 radical (unpaired) electrons. The number of rotatable bonds is 5. The number of aromatic nitrogens is 2. The van der Waals surface area contributed by atoms with Crippen molar-refractivity contribution >= 4 is 39.2 Å². The monoisotopic (exact) mass is 435 g/mol. The zero-order valence-corrected chi connectivity index (χ0v) is 18.1. The highest BCUT2D eigenvalue weighted by Gasteiger charge is 2.30. The molecule has 3 aromatic rings. The van der Waals surface area contributed by atoms with Gasteiger partial charge in [0.15, 0.2) is 5.13 Å². The van der Waals surface area contributed by atoms with Crippen LogP contribution in [0.3, 0.4) is 0 Å². The van der Waals surface area contributed by atoms with Gasteiger partial charge in [0.2, 0.25) is 5.91 Å². The molecule has 7 nitrogen and oxygen atoms in total. The average molecular weight is 436 g/mol. The van der Waals surface area contributed by atoms with E-state index >= 15 is 0 Å². The summed E-state index contributed by atoms with van der Waals surface area (Å²) in [5.41, 5.74) is 2.27. The molecule has 2 fully saturated rings. The Labute approximate surface area is 185 Å². The number of benzene rings is 1. The Morgan fingerprint density at radius 3 is 2.81 bits per heavy atom. The Balaban J connectivity index is 1.37. The topological polar surface area (TPSA) is 78.4 Å². The minimum absolute atomic E-state index is 0.138. The molecule has 5 rings (SSSR count). The Hall–Kier alpha value is -2.84. The van der Waals surface area contributed by atoms with Gasteiger partial charge in [-0.2, -0.15) is 0 Å². The van der Waals surface area contributed by atoms with E-state index in [4.69, 9.17) is 4.98 Å². The van der Waals surface area contributed by atoms with Crippen molar-refractivity contribution in [2.45, 2.75) is 25.2 Å². The quantitative estimate of drug-likeness (QED) is 0.665. The maximum absolute atomic E-state index is 13.0. The number of hydrogen-bond donors (Lipinski definition) is 1. The second-order valence-electron chi connectivity index (χ2n) is 8.21. The van der Waals surface area contributed by atoms with Crippen LogP contribution >= 0.6 is 11.3 Å². The number of carbonyl (C=O) groups excluding carboxylic acids is 2. The van der Waals surface area contributed by atoms with E-state index in [2.05, 4.69) is 15.2 Å². The van der Waals surface area contributed by atoms with Gasteiger partial charge in [-0.3, -0.25) is 24.8 Å². The zero-order valence-electron chi connectivity index (χ0n) is 17.3. The smallest absolute Gasteiger partial charge is 0.258 e. The molecule has 2 aliphatic heterocycles. The van der Waals surface area contributed by atoms with Crippen molar-refractivity contribution in [2.75, 3.05) is 38.0 Å². The fourth-order valence-corrected chi connectivity index (χ4v) is 5.03. The normalized spacial score (nSPS) is 19.2. The van der Waals surface area contributed by atoms with Crippen molar-refractivity contribution in [3.8, 4) is 0 Å². The third-order valence-corrected chi connectivity index (χ3v) is 6.84. The molecule has 1 N–H and O–H groups in total. The van der Waals surface area contributed by atoms with Gasteiger partial charge in [-0.1, -0.05) is 18.2 Å². The lowest BCUT2D eigenvalue weighted by molar-refractivity contribution is -0.131. The van der Waals surface area contributed by atoms with Crippen molar-refractivity contribution in [2.24, 2.45) is 0 Å². The molecule has 31 heavy (non-hydrogen) atoms. The highest BCUT2D eigenvalue weighted by molar-refractivity contribution is 7.13. The third-order valence-electron chi connectivity index (χ3n) is 6.15. The maximum atomic E-state index is 13.0. The van der Waals surface area contributed by atoms with Gasteiger partial charge in [0.05, 0.1) is 17.6 Å². The minimum atomic E-state index is -0.185. The summed E-state index contributed by atoms with van der Waals surface area (Å²) in [6.07, 6.45) is 4.90. The van der Waals surface area contributed by atoms with Gasteiger partial charge in [0.25, 0.3) is 5.91 Å². The van der Waals surface area contributed by atoms with E-state index < -0.39 is 0 Å². The molecule has 4 heterocycles.